The van der Waals surface area contributed by atoms with Crippen molar-refractivity contribution in [2.24, 2.45) is 5.41 Å². The van der Waals surface area contributed by atoms with E-state index in [1.165, 1.54) is 7.11 Å². The zero-order valence-electron chi connectivity index (χ0n) is 8.89. The van der Waals surface area contributed by atoms with Gasteiger partial charge in [-0.05, 0) is 12.5 Å². The molecule has 86 valence electrons. The van der Waals surface area contributed by atoms with Gasteiger partial charge in [-0.25, -0.2) is 0 Å². The summed E-state index contributed by atoms with van der Waals surface area (Å²) in [7, 11) is 1.32. The molecule has 2 saturated heterocycles. The van der Waals surface area contributed by atoms with E-state index < -0.39 is 17.0 Å². The van der Waals surface area contributed by atoms with Crippen LogP contribution in [0.1, 0.15) is 12.8 Å². The van der Waals surface area contributed by atoms with Crippen LogP contribution in [0.2, 0.25) is 0 Å². The maximum absolute atomic E-state index is 11.9. The van der Waals surface area contributed by atoms with Crippen molar-refractivity contribution in [2.45, 2.75) is 24.5 Å². The molecule has 0 aliphatic carbocycles. The average molecular weight is 224 g/mol. The van der Waals surface area contributed by atoms with Crippen LogP contribution in [0, 0.1) is 5.41 Å². The molecule has 3 unspecified atom stereocenters. The van der Waals surface area contributed by atoms with Crippen molar-refractivity contribution < 1.29 is 23.8 Å². The highest BCUT2D eigenvalue weighted by Crippen LogP contribution is 2.58. The minimum atomic E-state index is -0.862. The highest BCUT2D eigenvalue weighted by atomic mass is 16.6. The normalized spacial score (nSPS) is 43.3. The molecule has 0 amide bonds. The fraction of sp³-hybridized carbons (Fsp3) is 0.636. The van der Waals surface area contributed by atoms with E-state index in [1.807, 2.05) is 12.2 Å². The van der Waals surface area contributed by atoms with Gasteiger partial charge in [0.2, 0.25) is 0 Å². The Morgan fingerprint density at radius 2 is 2.50 bits per heavy atom. The zero-order chi connectivity index (χ0) is 11.4. The van der Waals surface area contributed by atoms with Crippen LogP contribution >= 0.6 is 0 Å². The van der Waals surface area contributed by atoms with Crippen LogP contribution in [-0.2, 0) is 23.8 Å². The Balaban J connectivity index is 2.00. The Kier molecular flexibility index (Phi) is 1.75. The van der Waals surface area contributed by atoms with E-state index >= 15 is 0 Å². The van der Waals surface area contributed by atoms with Gasteiger partial charge in [0, 0.05) is 0 Å². The number of carbonyl (C=O) groups is 2. The average Bonchev–Trinajstić information content (AvgIpc) is 2.88. The van der Waals surface area contributed by atoms with Gasteiger partial charge in [-0.1, -0.05) is 6.08 Å². The second kappa shape index (κ2) is 2.85. The lowest BCUT2D eigenvalue weighted by atomic mass is 9.68. The van der Waals surface area contributed by atoms with Crippen molar-refractivity contribution in [1.29, 1.82) is 0 Å². The highest BCUT2D eigenvalue weighted by molar-refractivity contribution is 5.88. The van der Waals surface area contributed by atoms with E-state index in [4.69, 9.17) is 9.47 Å². The largest absolute Gasteiger partial charge is 0.469 e. The van der Waals surface area contributed by atoms with E-state index in [1.54, 1.807) is 0 Å². The first-order chi connectivity index (χ1) is 7.62. The number of ether oxygens (including phenoxy) is 3. The molecule has 0 saturated carbocycles. The quantitative estimate of drug-likeness (QED) is 0.495. The van der Waals surface area contributed by atoms with E-state index in [2.05, 4.69) is 4.74 Å². The summed E-state index contributed by atoms with van der Waals surface area (Å²) in [6.07, 6.45) is 4.25. The Bertz CT molecular complexity index is 401. The first-order valence-electron chi connectivity index (χ1n) is 5.23. The first kappa shape index (κ1) is 9.84. The second-order valence-corrected chi connectivity index (χ2v) is 4.52. The van der Waals surface area contributed by atoms with Gasteiger partial charge in [-0.2, -0.15) is 0 Å². The number of hydrogen-bond donors (Lipinski definition) is 0. The van der Waals surface area contributed by atoms with E-state index in [0.29, 0.717) is 6.42 Å². The molecule has 0 aromatic heterocycles. The lowest BCUT2D eigenvalue weighted by Crippen LogP contribution is -2.45. The topological polar surface area (TPSA) is 61.8 Å². The molecule has 3 aliphatic heterocycles. The molecule has 0 aromatic carbocycles. The molecule has 3 aliphatic rings. The van der Waals surface area contributed by atoms with E-state index in [-0.39, 0.29) is 25.1 Å². The third-order valence-corrected chi connectivity index (χ3v) is 3.78. The van der Waals surface area contributed by atoms with Gasteiger partial charge in [0.15, 0.2) is 0 Å². The Morgan fingerprint density at radius 3 is 3.19 bits per heavy atom. The molecule has 2 fully saturated rings. The summed E-state index contributed by atoms with van der Waals surface area (Å²) in [6.45, 7) is 0.204. The van der Waals surface area contributed by atoms with Crippen molar-refractivity contribution in [1.82, 2.24) is 0 Å². The summed E-state index contributed by atoms with van der Waals surface area (Å²) in [5, 5.41) is 0. The van der Waals surface area contributed by atoms with Crippen molar-refractivity contribution >= 4 is 11.9 Å². The molecule has 2 bridgehead atoms. The van der Waals surface area contributed by atoms with Gasteiger partial charge in [-0.15, -0.1) is 0 Å². The molecular weight excluding hydrogens is 212 g/mol. The summed E-state index contributed by atoms with van der Waals surface area (Å²) < 4.78 is 15.4. The molecule has 3 rings (SSSR count). The minimum Gasteiger partial charge on any atom is -0.469 e. The van der Waals surface area contributed by atoms with Crippen LogP contribution in [0.3, 0.4) is 0 Å². The van der Waals surface area contributed by atoms with Gasteiger partial charge in [-0.3, -0.25) is 9.59 Å². The van der Waals surface area contributed by atoms with Crippen molar-refractivity contribution in [3.8, 4) is 0 Å². The Labute approximate surface area is 92.3 Å². The summed E-state index contributed by atoms with van der Waals surface area (Å²) in [6, 6.07) is 0. The molecule has 3 atom stereocenters. The molecule has 1 spiro atoms. The third-order valence-electron chi connectivity index (χ3n) is 3.78. The maximum atomic E-state index is 11.9. The monoisotopic (exact) mass is 224 g/mol. The number of hydrogen-bond acceptors (Lipinski definition) is 5. The third kappa shape index (κ3) is 0.942. The molecule has 0 N–H and O–H groups in total. The predicted molar refractivity (Wildman–Crippen MR) is 51.4 cm³/mol. The van der Waals surface area contributed by atoms with Crippen molar-refractivity contribution in [3.05, 3.63) is 12.2 Å². The van der Waals surface area contributed by atoms with Crippen LogP contribution in [0.4, 0.5) is 0 Å². The first-order valence-corrected chi connectivity index (χ1v) is 5.23. The van der Waals surface area contributed by atoms with Crippen LogP contribution < -0.4 is 0 Å². The molecule has 5 nitrogen and oxygen atoms in total. The van der Waals surface area contributed by atoms with Crippen LogP contribution in [0.5, 0.6) is 0 Å². The van der Waals surface area contributed by atoms with Gasteiger partial charge in [0.05, 0.1) is 19.6 Å². The van der Waals surface area contributed by atoms with Gasteiger partial charge >= 0.3 is 11.9 Å². The number of carbonyl (C=O) groups excluding carboxylic acids is 2. The number of fused-ring (bicyclic) bond motifs is 1. The van der Waals surface area contributed by atoms with Crippen molar-refractivity contribution in [3.63, 3.8) is 0 Å². The Hall–Kier alpha value is -1.36. The van der Waals surface area contributed by atoms with Gasteiger partial charge in [0.1, 0.15) is 17.6 Å². The van der Waals surface area contributed by atoms with Crippen LogP contribution in [0.25, 0.3) is 0 Å². The van der Waals surface area contributed by atoms with Gasteiger partial charge < -0.3 is 14.2 Å². The second-order valence-electron chi connectivity index (χ2n) is 4.52. The molecule has 3 heterocycles. The van der Waals surface area contributed by atoms with E-state index in [0.717, 1.165) is 0 Å². The van der Waals surface area contributed by atoms with Gasteiger partial charge in [0.25, 0.3) is 0 Å². The standard InChI is InChI=1S/C11H12O5/c1-14-8(12)5-10-4-7-2-3-11(10,16-7)6-15-9(10)13/h2-3,7H,4-6H2,1H3. The minimum absolute atomic E-state index is 0.0309. The lowest BCUT2D eigenvalue weighted by Gasteiger charge is -2.30. The molecule has 16 heavy (non-hydrogen) atoms. The predicted octanol–water partition coefficient (Wildman–Crippen LogP) is 0.190. The van der Waals surface area contributed by atoms with E-state index in [9.17, 15) is 9.59 Å². The smallest absolute Gasteiger partial charge is 0.316 e. The summed E-state index contributed by atoms with van der Waals surface area (Å²) in [5.41, 5.74) is -1.59. The maximum Gasteiger partial charge on any atom is 0.316 e. The highest BCUT2D eigenvalue weighted by Gasteiger charge is 2.70. The Morgan fingerprint density at radius 1 is 1.69 bits per heavy atom. The fourth-order valence-corrected chi connectivity index (χ4v) is 2.91. The lowest BCUT2D eigenvalue weighted by molar-refractivity contribution is -0.154. The summed E-state index contributed by atoms with van der Waals surface area (Å²) >= 11 is 0. The zero-order valence-corrected chi connectivity index (χ0v) is 8.89. The molecular formula is C11H12O5. The molecule has 0 radical (unpaired) electrons. The molecule has 0 aromatic rings. The number of methoxy groups -OCH3 is 1. The fourth-order valence-electron chi connectivity index (χ4n) is 2.91. The van der Waals surface area contributed by atoms with Crippen molar-refractivity contribution in [2.75, 3.05) is 13.7 Å². The summed E-state index contributed by atoms with van der Waals surface area (Å²) in [5.74, 6) is -0.743. The number of esters is 2. The van der Waals surface area contributed by atoms with Crippen LogP contribution in [0.15, 0.2) is 12.2 Å². The SMILES string of the molecule is COC(=O)CC12CC3C=CC1(COC2=O)O3. The number of rotatable bonds is 2. The molecule has 5 heteroatoms. The summed E-state index contributed by atoms with van der Waals surface area (Å²) in [4.78, 5) is 23.3. The number of cyclic esters (lactones) is 1. The van der Waals surface area contributed by atoms with Crippen LogP contribution in [-0.4, -0.2) is 37.4 Å².